The van der Waals surface area contributed by atoms with E-state index in [0.717, 1.165) is 50.4 Å². The van der Waals surface area contributed by atoms with E-state index in [2.05, 4.69) is 28.1 Å². The van der Waals surface area contributed by atoms with Crippen LogP contribution in [-0.4, -0.2) is 49.6 Å². The van der Waals surface area contributed by atoms with Gasteiger partial charge in [-0.15, -0.1) is 0 Å². The molecule has 1 aromatic rings. The highest BCUT2D eigenvalue weighted by Crippen LogP contribution is 2.24. The van der Waals surface area contributed by atoms with Gasteiger partial charge in [-0.25, -0.2) is 0 Å². The summed E-state index contributed by atoms with van der Waals surface area (Å²) in [6, 6.07) is 8.33. The van der Waals surface area contributed by atoms with Crippen LogP contribution in [0.5, 0.6) is 0 Å². The van der Waals surface area contributed by atoms with Crippen LogP contribution in [0.25, 0.3) is 0 Å². The van der Waals surface area contributed by atoms with Crippen molar-refractivity contribution in [2.75, 3.05) is 37.6 Å². The lowest BCUT2D eigenvalue weighted by molar-refractivity contribution is 0.0906. The molecule has 1 atom stereocenters. The van der Waals surface area contributed by atoms with Crippen molar-refractivity contribution in [3.8, 4) is 0 Å². The molecular weight excluding hydrogens is 274 g/mol. The van der Waals surface area contributed by atoms with E-state index in [4.69, 9.17) is 0 Å². The highest BCUT2D eigenvalue weighted by atomic mass is 16.1. The predicted molar refractivity (Wildman–Crippen MR) is 90.5 cm³/mol. The fourth-order valence-electron chi connectivity index (χ4n) is 3.62. The first-order chi connectivity index (χ1) is 10.8. The molecule has 0 aromatic heterocycles. The molecule has 0 unspecified atom stereocenters. The van der Waals surface area contributed by atoms with Crippen molar-refractivity contribution in [3.63, 3.8) is 0 Å². The van der Waals surface area contributed by atoms with Gasteiger partial charge < -0.3 is 15.1 Å². The van der Waals surface area contributed by atoms with Gasteiger partial charge >= 0.3 is 0 Å². The van der Waals surface area contributed by atoms with E-state index in [0.29, 0.717) is 0 Å². The van der Waals surface area contributed by atoms with Gasteiger partial charge in [0.05, 0.1) is 5.56 Å². The van der Waals surface area contributed by atoms with Gasteiger partial charge in [0.15, 0.2) is 0 Å². The third-order valence-corrected chi connectivity index (χ3v) is 4.88. The number of carbonyl (C=O) groups excluding carboxylic acids is 1. The van der Waals surface area contributed by atoms with E-state index in [1.807, 2.05) is 18.2 Å². The lowest BCUT2D eigenvalue weighted by atomic mass is 10.0. The van der Waals surface area contributed by atoms with Crippen LogP contribution >= 0.6 is 0 Å². The minimum absolute atomic E-state index is 0.0884. The number of nitrogens with one attached hydrogen (secondary N) is 1. The number of hydrogen-bond acceptors (Lipinski definition) is 3. The van der Waals surface area contributed by atoms with Gasteiger partial charge in [0.1, 0.15) is 0 Å². The van der Waals surface area contributed by atoms with Gasteiger partial charge in [-0.1, -0.05) is 19.1 Å². The highest BCUT2D eigenvalue weighted by molar-refractivity contribution is 6.00. The predicted octanol–water partition coefficient (Wildman–Crippen LogP) is 2.50. The van der Waals surface area contributed by atoms with Crippen LogP contribution < -0.4 is 10.2 Å². The summed E-state index contributed by atoms with van der Waals surface area (Å²) in [6.45, 7) is 7.53. The molecule has 1 amide bonds. The molecule has 0 radical (unpaired) electrons. The van der Waals surface area contributed by atoms with Gasteiger partial charge in [0.25, 0.3) is 5.91 Å². The Hall–Kier alpha value is -1.55. The molecule has 4 nitrogen and oxygen atoms in total. The Balaban J connectivity index is 1.69. The lowest BCUT2D eigenvalue weighted by Gasteiger charge is -2.32. The normalized spacial score (nSPS) is 22.8. The van der Waals surface area contributed by atoms with Crippen LogP contribution in [0.4, 0.5) is 5.69 Å². The zero-order valence-corrected chi connectivity index (χ0v) is 13.6. The van der Waals surface area contributed by atoms with Crippen LogP contribution in [0.2, 0.25) is 0 Å². The van der Waals surface area contributed by atoms with Crippen LogP contribution in [0.1, 0.15) is 43.0 Å². The maximum atomic E-state index is 12.7. The summed E-state index contributed by atoms with van der Waals surface area (Å²) in [5, 5.41) is 3.26. The Morgan fingerprint density at radius 3 is 2.73 bits per heavy atom. The maximum Gasteiger partial charge on any atom is 0.253 e. The zero-order chi connectivity index (χ0) is 15.4. The number of para-hydroxylation sites is 1. The van der Waals surface area contributed by atoms with E-state index in [-0.39, 0.29) is 11.9 Å². The van der Waals surface area contributed by atoms with Gasteiger partial charge in [-0.3, -0.25) is 4.79 Å². The topological polar surface area (TPSA) is 35.6 Å². The number of likely N-dealkylation sites (N-methyl/N-ethyl adjacent to an activating group) is 1. The first-order valence-electron chi connectivity index (χ1n) is 8.65. The number of nitrogens with zero attached hydrogens (tertiary/aromatic N) is 2. The molecule has 2 aliphatic rings. The summed E-state index contributed by atoms with van der Waals surface area (Å²) in [5.74, 6) is 0.0884. The summed E-state index contributed by atoms with van der Waals surface area (Å²) in [5.41, 5.74) is 1.93. The Labute approximate surface area is 133 Å². The fourth-order valence-corrected chi connectivity index (χ4v) is 3.62. The molecule has 22 heavy (non-hydrogen) atoms. The number of anilines is 1. The molecule has 0 aliphatic carbocycles. The van der Waals surface area contributed by atoms with E-state index >= 15 is 0 Å². The number of likely N-dealkylation sites (tertiary alicyclic amines) is 1. The molecule has 120 valence electrons. The maximum absolute atomic E-state index is 12.7. The molecule has 0 spiro atoms. The monoisotopic (exact) mass is 301 g/mol. The number of hydrogen-bond donors (Lipinski definition) is 1. The summed E-state index contributed by atoms with van der Waals surface area (Å²) >= 11 is 0. The molecule has 1 N–H and O–H groups in total. The molecule has 2 fully saturated rings. The standard InChI is InChI=1S/C18H27N3O/c1-2-20-11-7-8-15(14-20)19-18(22)16-9-3-4-10-17(16)21-12-5-6-13-21/h3-4,9-10,15H,2,5-8,11-14H2,1H3,(H,19,22)/t15-/m1/s1. The van der Waals surface area contributed by atoms with Gasteiger partial charge in [-0.05, 0) is 50.9 Å². The van der Waals surface area contributed by atoms with Crippen molar-refractivity contribution in [3.05, 3.63) is 29.8 Å². The molecule has 4 heteroatoms. The number of amides is 1. The van der Waals surface area contributed by atoms with E-state index in [1.165, 1.54) is 19.3 Å². The van der Waals surface area contributed by atoms with Crippen LogP contribution in [0.3, 0.4) is 0 Å². The average molecular weight is 301 g/mol. The van der Waals surface area contributed by atoms with E-state index < -0.39 is 0 Å². The molecular formula is C18H27N3O. The molecule has 0 saturated carbocycles. The largest absolute Gasteiger partial charge is 0.371 e. The minimum atomic E-state index is 0.0884. The molecule has 3 rings (SSSR count). The van der Waals surface area contributed by atoms with Crippen LogP contribution in [-0.2, 0) is 0 Å². The SMILES string of the molecule is CCN1CCC[C@@H](NC(=O)c2ccccc2N2CCCC2)C1. The fraction of sp³-hybridized carbons (Fsp3) is 0.611. The third kappa shape index (κ3) is 3.43. The molecule has 2 aliphatic heterocycles. The number of carbonyl (C=O) groups is 1. The van der Waals surface area contributed by atoms with Gasteiger partial charge in [-0.2, -0.15) is 0 Å². The first-order valence-corrected chi connectivity index (χ1v) is 8.65. The Morgan fingerprint density at radius 1 is 1.18 bits per heavy atom. The third-order valence-electron chi connectivity index (χ3n) is 4.88. The summed E-state index contributed by atoms with van der Waals surface area (Å²) in [7, 11) is 0. The summed E-state index contributed by atoms with van der Waals surface area (Å²) in [6.07, 6.45) is 4.72. The van der Waals surface area contributed by atoms with Crippen molar-refractivity contribution in [1.29, 1.82) is 0 Å². The Bertz CT molecular complexity index is 511. The number of rotatable bonds is 4. The second-order valence-corrected chi connectivity index (χ2v) is 6.42. The molecule has 0 bridgehead atoms. The number of piperidine rings is 1. The van der Waals surface area contributed by atoms with Crippen molar-refractivity contribution in [1.82, 2.24) is 10.2 Å². The molecule has 2 heterocycles. The smallest absolute Gasteiger partial charge is 0.253 e. The lowest BCUT2D eigenvalue weighted by Crippen LogP contribution is -2.47. The summed E-state index contributed by atoms with van der Waals surface area (Å²) in [4.78, 5) is 17.5. The Morgan fingerprint density at radius 2 is 1.95 bits per heavy atom. The zero-order valence-electron chi connectivity index (χ0n) is 13.6. The first kappa shape index (κ1) is 15.3. The van der Waals surface area contributed by atoms with Crippen molar-refractivity contribution >= 4 is 11.6 Å². The second-order valence-electron chi connectivity index (χ2n) is 6.42. The van der Waals surface area contributed by atoms with Crippen LogP contribution in [0.15, 0.2) is 24.3 Å². The minimum Gasteiger partial charge on any atom is -0.371 e. The molecule has 2 saturated heterocycles. The highest BCUT2D eigenvalue weighted by Gasteiger charge is 2.23. The average Bonchev–Trinajstić information content (AvgIpc) is 3.09. The quantitative estimate of drug-likeness (QED) is 0.928. The van der Waals surface area contributed by atoms with Crippen LogP contribution in [0, 0.1) is 0 Å². The van der Waals surface area contributed by atoms with Gasteiger partial charge in [0.2, 0.25) is 0 Å². The molecule has 1 aromatic carbocycles. The van der Waals surface area contributed by atoms with Crippen molar-refractivity contribution in [2.24, 2.45) is 0 Å². The Kier molecular flexibility index (Phi) is 4.98. The van der Waals surface area contributed by atoms with E-state index in [1.54, 1.807) is 0 Å². The second kappa shape index (κ2) is 7.14. The number of benzene rings is 1. The van der Waals surface area contributed by atoms with Crippen molar-refractivity contribution < 1.29 is 4.79 Å². The van der Waals surface area contributed by atoms with E-state index in [9.17, 15) is 4.79 Å². The summed E-state index contributed by atoms with van der Waals surface area (Å²) < 4.78 is 0. The van der Waals surface area contributed by atoms with Crippen molar-refractivity contribution in [2.45, 2.75) is 38.6 Å². The van der Waals surface area contributed by atoms with Gasteiger partial charge in [0, 0.05) is 31.4 Å².